The first-order valence-corrected chi connectivity index (χ1v) is 6.82. The van der Waals surface area contributed by atoms with E-state index < -0.39 is 0 Å². The molecule has 0 saturated heterocycles. The van der Waals surface area contributed by atoms with Gasteiger partial charge in [0.1, 0.15) is 6.04 Å². The Balaban J connectivity index is 1.96. The highest BCUT2D eigenvalue weighted by atomic mass is 35.5. The molecule has 0 heterocycles. The molecule has 0 spiro atoms. The molecule has 0 aromatic heterocycles. The van der Waals surface area contributed by atoms with E-state index in [1.165, 1.54) is 5.56 Å². The predicted octanol–water partition coefficient (Wildman–Crippen LogP) is 4.09. The van der Waals surface area contributed by atoms with Crippen LogP contribution in [0.5, 0.6) is 0 Å². The van der Waals surface area contributed by atoms with Crippen molar-refractivity contribution in [3.05, 3.63) is 59.1 Å². The van der Waals surface area contributed by atoms with Crippen molar-refractivity contribution in [2.45, 2.75) is 19.9 Å². The number of amides is 1. The maximum Gasteiger partial charge on any atom is 0.246 e. The summed E-state index contributed by atoms with van der Waals surface area (Å²) in [5, 5.41) is 6.59. The van der Waals surface area contributed by atoms with Crippen molar-refractivity contribution in [2.75, 3.05) is 10.6 Å². The SMILES string of the molecule is Cc1ccc(NC(C)C(=O)Nc2cccc(Cl)c2)cc1. The lowest BCUT2D eigenvalue weighted by atomic mass is 10.2. The number of hydrogen-bond donors (Lipinski definition) is 2. The summed E-state index contributed by atoms with van der Waals surface area (Å²) < 4.78 is 0. The monoisotopic (exact) mass is 288 g/mol. The Kier molecular flexibility index (Phi) is 4.64. The first-order chi connectivity index (χ1) is 9.54. The summed E-state index contributed by atoms with van der Waals surface area (Å²) in [6.45, 7) is 3.85. The summed E-state index contributed by atoms with van der Waals surface area (Å²) in [7, 11) is 0. The van der Waals surface area contributed by atoms with E-state index in [0.29, 0.717) is 10.7 Å². The Morgan fingerprint density at radius 2 is 1.80 bits per heavy atom. The standard InChI is InChI=1S/C16H17ClN2O/c1-11-6-8-14(9-7-11)18-12(2)16(20)19-15-5-3-4-13(17)10-15/h3-10,12,18H,1-2H3,(H,19,20). The Morgan fingerprint density at radius 1 is 1.10 bits per heavy atom. The van der Waals surface area contributed by atoms with Gasteiger partial charge >= 0.3 is 0 Å². The van der Waals surface area contributed by atoms with Crippen LogP contribution >= 0.6 is 11.6 Å². The van der Waals surface area contributed by atoms with Gasteiger partial charge in [0.25, 0.3) is 0 Å². The van der Waals surface area contributed by atoms with Crippen LogP contribution in [0.1, 0.15) is 12.5 Å². The van der Waals surface area contributed by atoms with E-state index in [9.17, 15) is 4.79 Å². The highest BCUT2D eigenvalue weighted by molar-refractivity contribution is 6.30. The fraction of sp³-hybridized carbons (Fsp3) is 0.188. The highest BCUT2D eigenvalue weighted by Crippen LogP contribution is 2.16. The summed E-state index contributed by atoms with van der Waals surface area (Å²) in [5.41, 5.74) is 2.80. The summed E-state index contributed by atoms with van der Waals surface area (Å²) in [4.78, 5) is 12.1. The maximum atomic E-state index is 12.1. The van der Waals surface area contributed by atoms with E-state index in [1.807, 2.05) is 44.2 Å². The normalized spacial score (nSPS) is 11.8. The molecule has 1 atom stereocenters. The van der Waals surface area contributed by atoms with Gasteiger partial charge in [0, 0.05) is 16.4 Å². The van der Waals surface area contributed by atoms with E-state index in [1.54, 1.807) is 18.2 Å². The number of carbonyl (C=O) groups excluding carboxylic acids is 1. The quantitative estimate of drug-likeness (QED) is 0.890. The Labute approximate surface area is 124 Å². The van der Waals surface area contributed by atoms with Gasteiger partial charge in [-0.2, -0.15) is 0 Å². The van der Waals surface area contributed by atoms with Crippen molar-refractivity contribution in [2.24, 2.45) is 0 Å². The molecule has 0 saturated carbocycles. The Morgan fingerprint density at radius 3 is 2.45 bits per heavy atom. The summed E-state index contributed by atoms with van der Waals surface area (Å²) in [6, 6.07) is 14.7. The van der Waals surface area contributed by atoms with Crippen LogP contribution in [0.3, 0.4) is 0 Å². The molecule has 1 unspecified atom stereocenters. The fourth-order valence-corrected chi connectivity index (χ4v) is 1.97. The Hall–Kier alpha value is -2.00. The van der Waals surface area contributed by atoms with E-state index in [4.69, 9.17) is 11.6 Å². The number of halogens is 1. The third kappa shape index (κ3) is 4.00. The molecule has 2 aromatic rings. The van der Waals surface area contributed by atoms with Crippen LogP contribution in [0.4, 0.5) is 11.4 Å². The number of benzene rings is 2. The van der Waals surface area contributed by atoms with Crippen molar-refractivity contribution in [1.29, 1.82) is 0 Å². The third-order valence-electron chi connectivity index (χ3n) is 2.92. The molecule has 2 aromatic carbocycles. The fourth-order valence-electron chi connectivity index (χ4n) is 1.78. The van der Waals surface area contributed by atoms with Crippen LogP contribution in [0.25, 0.3) is 0 Å². The average molecular weight is 289 g/mol. The van der Waals surface area contributed by atoms with Crippen molar-refractivity contribution in [3.63, 3.8) is 0 Å². The largest absolute Gasteiger partial charge is 0.374 e. The molecule has 20 heavy (non-hydrogen) atoms. The molecule has 0 aliphatic rings. The molecule has 0 aliphatic carbocycles. The minimum atomic E-state index is -0.336. The molecular formula is C16H17ClN2O. The molecule has 0 bridgehead atoms. The molecule has 3 nitrogen and oxygen atoms in total. The Bertz CT molecular complexity index is 596. The van der Waals surface area contributed by atoms with Crippen LogP contribution in [0.15, 0.2) is 48.5 Å². The van der Waals surface area contributed by atoms with Gasteiger partial charge < -0.3 is 10.6 Å². The second-order valence-corrected chi connectivity index (χ2v) is 5.17. The van der Waals surface area contributed by atoms with Gasteiger partial charge in [-0.05, 0) is 44.2 Å². The minimum Gasteiger partial charge on any atom is -0.374 e. The zero-order chi connectivity index (χ0) is 14.5. The second kappa shape index (κ2) is 6.44. The lowest BCUT2D eigenvalue weighted by Crippen LogP contribution is -2.31. The molecule has 0 radical (unpaired) electrons. The smallest absolute Gasteiger partial charge is 0.246 e. The van der Waals surface area contributed by atoms with E-state index in [-0.39, 0.29) is 11.9 Å². The molecule has 0 aliphatic heterocycles. The van der Waals surface area contributed by atoms with E-state index >= 15 is 0 Å². The third-order valence-corrected chi connectivity index (χ3v) is 3.16. The number of carbonyl (C=O) groups is 1. The number of hydrogen-bond acceptors (Lipinski definition) is 2. The van der Waals surface area contributed by atoms with Gasteiger partial charge in [-0.25, -0.2) is 0 Å². The number of aryl methyl sites for hydroxylation is 1. The van der Waals surface area contributed by atoms with Crippen molar-refractivity contribution in [1.82, 2.24) is 0 Å². The number of nitrogens with one attached hydrogen (secondary N) is 2. The first-order valence-electron chi connectivity index (χ1n) is 6.44. The van der Waals surface area contributed by atoms with Crippen LogP contribution in [-0.4, -0.2) is 11.9 Å². The van der Waals surface area contributed by atoms with Gasteiger partial charge in [-0.1, -0.05) is 35.4 Å². The predicted molar refractivity (Wildman–Crippen MR) is 84.3 cm³/mol. The average Bonchev–Trinajstić information content (AvgIpc) is 2.41. The van der Waals surface area contributed by atoms with Crippen LogP contribution in [-0.2, 0) is 4.79 Å². The van der Waals surface area contributed by atoms with Gasteiger partial charge in [-0.15, -0.1) is 0 Å². The van der Waals surface area contributed by atoms with Crippen LogP contribution in [0.2, 0.25) is 5.02 Å². The molecule has 0 fully saturated rings. The minimum absolute atomic E-state index is 0.104. The lowest BCUT2D eigenvalue weighted by Gasteiger charge is -2.15. The van der Waals surface area contributed by atoms with Crippen molar-refractivity contribution < 1.29 is 4.79 Å². The zero-order valence-electron chi connectivity index (χ0n) is 11.5. The van der Waals surface area contributed by atoms with Gasteiger partial charge in [-0.3, -0.25) is 4.79 Å². The highest BCUT2D eigenvalue weighted by Gasteiger charge is 2.12. The molecule has 2 rings (SSSR count). The zero-order valence-corrected chi connectivity index (χ0v) is 12.2. The van der Waals surface area contributed by atoms with Gasteiger partial charge in [0.2, 0.25) is 5.91 Å². The maximum absolute atomic E-state index is 12.1. The molecule has 1 amide bonds. The molecular weight excluding hydrogens is 272 g/mol. The summed E-state index contributed by atoms with van der Waals surface area (Å²) in [6.07, 6.45) is 0. The topological polar surface area (TPSA) is 41.1 Å². The second-order valence-electron chi connectivity index (χ2n) is 4.73. The summed E-state index contributed by atoms with van der Waals surface area (Å²) in [5.74, 6) is -0.104. The van der Waals surface area contributed by atoms with Crippen molar-refractivity contribution in [3.8, 4) is 0 Å². The lowest BCUT2D eigenvalue weighted by molar-refractivity contribution is -0.116. The molecule has 4 heteroatoms. The van der Waals surface area contributed by atoms with Crippen LogP contribution < -0.4 is 10.6 Å². The van der Waals surface area contributed by atoms with E-state index in [2.05, 4.69) is 10.6 Å². The van der Waals surface area contributed by atoms with E-state index in [0.717, 1.165) is 5.69 Å². The summed E-state index contributed by atoms with van der Waals surface area (Å²) >= 11 is 5.89. The molecule has 104 valence electrons. The van der Waals surface area contributed by atoms with Crippen LogP contribution in [0, 0.1) is 6.92 Å². The van der Waals surface area contributed by atoms with Crippen molar-refractivity contribution >= 4 is 28.9 Å². The number of rotatable bonds is 4. The molecule has 2 N–H and O–H groups in total. The van der Waals surface area contributed by atoms with Gasteiger partial charge in [0.05, 0.1) is 0 Å². The first kappa shape index (κ1) is 14.4. The van der Waals surface area contributed by atoms with Gasteiger partial charge in [0.15, 0.2) is 0 Å². The number of anilines is 2.